The number of carbonyl (C=O) groups is 2. The summed E-state index contributed by atoms with van der Waals surface area (Å²) in [5, 5.41) is 1.91. The van der Waals surface area contributed by atoms with E-state index in [1.807, 2.05) is 22.4 Å². The maximum absolute atomic E-state index is 12.5. The number of hydrogen-bond acceptors (Lipinski definition) is 5. The zero-order chi connectivity index (χ0) is 15.9. The number of thiophene rings is 1. The van der Waals surface area contributed by atoms with Crippen molar-refractivity contribution < 1.29 is 9.59 Å². The van der Waals surface area contributed by atoms with Crippen LogP contribution in [0.4, 0.5) is 5.69 Å². The summed E-state index contributed by atoms with van der Waals surface area (Å²) in [7, 11) is 0. The Kier molecular flexibility index (Phi) is 3.37. The number of nitrogens with zero attached hydrogens (tertiary/aromatic N) is 4. The number of carbonyl (C=O) groups excluding carboxylic acids is 2. The lowest BCUT2D eigenvalue weighted by Crippen LogP contribution is -2.34. The van der Waals surface area contributed by atoms with Crippen LogP contribution in [0, 0.1) is 5.41 Å². The van der Waals surface area contributed by atoms with Gasteiger partial charge in [0, 0.05) is 31.5 Å². The van der Waals surface area contributed by atoms with Gasteiger partial charge in [0.05, 0.1) is 23.0 Å². The molecular formula is C16H16N4O2S. The zero-order valence-corrected chi connectivity index (χ0v) is 13.3. The van der Waals surface area contributed by atoms with Gasteiger partial charge in [-0.15, -0.1) is 11.3 Å². The number of hydrogen-bond donors (Lipinski definition) is 0. The molecule has 7 heteroatoms. The maximum atomic E-state index is 12.5. The molecule has 2 amide bonds. The van der Waals surface area contributed by atoms with Crippen LogP contribution in [-0.4, -0.2) is 46.3 Å². The van der Waals surface area contributed by atoms with Crippen LogP contribution in [0.1, 0.15) is 22.5 Å². The normalized spacial score (nSPS) is 23.9. The van der Waals surface area contributed by atoms with E-state index in [4.69, 9.17) is 0 Å². The molecule has 0 bridgehead atoms. The second-order valence-corrected chi connectivity index (χ2v) is 7.16. The van der Waals surface area contributed by atoms with Gasteiger partial charge >= 0.3 is 0 Å². The minimum Gasteiger partial charge on any atom is -0.337 e. The highest BCUT2D eigenvalue weighted by Crippen LogP contribution is 2.42. The smallest absolute Gasteiger partial charge is 0.263 e. The van der Waals surface area contributed by atoms with Crippen LogP contribution >= 0.6 is 11.3 Å². The van der Waals surface area contributed by atoms with E-state index in [0.717, 1.165) is 17.0 Å². The monoisotopic (exact) mass is 328 g/mol. The van der Waals surface area contributed by atoms with Crippen LogP contribution in [0.15, 0.2) is 36.2 Å². The fourth-order valence-electron chi connectivity index (χ4n) is 3.50. The summed E-state index contributed by atoms with van der Waals surface area (Å²) in [5.41, 5.74) is 0.595. The van der Waals surface area contributed by atoms with Crippen molar-refractivity contribution in [2.75, 3.05) is 24.5 Å². The summed E-state index contributed by atoms with van der Waals surface area (Å²) in [6.45, 7) is 1.98. The van der Waals surface area contributed by atoms with Gasteiger partial charge in [0.25, 0.3) is 5.91 Å². The molecule has 6 nitrogen and oxygen atoms in total. The van der Waals surface area contributed by atoms with E-state index in [0.29, 0.717) is 26.1 Å². The van der Waals surface area contributed by atoms with Crippen LogP contribution in [0.3, 0.4) is 0 Å². The molecule has 2 aromatic rings. The van der Waals surface area contributed by atoms with Crippen LogP contribution in [-0.2, 0) is 4.79 Å². The minimum atomic E-state index is -0.139. The summed E-state index contributed by atoms with van der Waals surface area (Å²) in [5.74, 6) is 0.163. The third-order valence-corrected chi connectivity index (χ3v) is 5.49. The first-order chi connectivity index (χ1) is 11.2. The molecule has 1 spiro atoms. The SMILES string of the molecule is O=C(c1cccs1)N1CC[C@]2(CC(=O)N(c3cncnc3)C2)C1. The molecule has 4 heterocycles. The van der Waals surface area contributed by atoms with Gasteiger partial charge in [-0.3, -0.25) is 9.59 Å². The Morgan fingerprint density at radius 1 is 1.26 bits per heavy atom. The first kappa shape index (κ1) is 14.3. The molecule has 118 valence electrons. The molecule has 0 unspecified atom stereocenters. The molecule has 4 rings (SSSR count). The lowest BCUT2D eigenvalue weighted by molar-refractivity contribution is -0.117. The fraction of sp³-hybridized carbons (Fsp3) is 0.375. The molecular weight excluding hydrogens is 312 g/mol. The Bertz CT molecular complexity index is 734. The highest BCUT2D eigenvalue weighted by molar-refractivity contribution is 7.12. The Morgan fingerprint density at radius 3 is 2.83 bits per heavy atom. The second-order valence-electron chi connectivity index (χ2n) is 6.21. The Labute approximate surface area is 137 Å². The number of aromatic nitrogens is 2. The highest BCUT2D eigenvalue weighted by atomic mass is 32.1. The molecule has 2 aliphatic heterocycles. The van der Waals surface area contributed by atoms with Crippen molar-refractivity contribution in [3.63, 3.8) is 0 Å². The Balaban J connectivity index is 1.51. The average molecular weight is 328 g/mol. The zero-order valence-electron chi connectivity index (χ0n) is 12.5. The van der Waals surface area contributed by atoms with Crippen molar-refractivity contribution in [1.82, 2.24) is 14.9 Å². The van der Waals surface area contributed by atoms with E-state index in [-0.39, 0.29) is 17.2 Å². The molecule has 2 aliphatic rings. The summed E-state index contributed by atoms with van der Waals surface area (Å²) >= 11 is 1.46. The lowest BCUT2D eigenvalue weighted by Gasteiger charge is -2.23. The van der Waals surface area contributed by atoms with Crippen molar-refractivity contribution in [1.29, 1.82) is 0 Å². The maximum Gasteiger partial charge on any atom is 0.263 e. The second kappa shape index (κ2) is 5.42. The van der Waals surface area contributed by atoms with E-state index in [1.54, 1.807) is 17.3 Å². The van der Waals surface area contributed by atoms with Crippen molar-refractivity contribution in [2.24, 2.45) is 5.41 Å². The molecule has 0 N–H and O–H groups in total. The molecule has 2 fully saturated rings. The van der Waals surface area contributed by atoms with Crippen LogP contribution in [0.2, 0.25) is 0 Å². The average Bonchev–Trinajstić information content (AvgIpc) is 3.29. The largest absolute Gasteiger partial charge is 0.337 e. The summed E-state index contributed by atoms with van der Waals surface area (Å²) in [6.07, 6.45) is 6.12. The first-order valence-electron chi connectivity index (χ1n) is 7.55. The number of anilines is 1. The van der Waals surface area contributed by atoms with Crippen LogP contribution in [0.25, 0.3) is 0 Å². The molecule has 0 saturated carbocycles. The number of likely N-dealkylation sites (tertiary alicyclic amines) is 1. The van der Waals surface area contributed by atoms with Crippen molar-refractivity contribution in [3.05, 3.63) is 41.1 Å². The van der Waals surface area contributed by atoms with Gasteiger partial charge in [0.2, 0.25) is 5.91 Å². The molecule has 0 aromatic carbocycles. The van der Waals surface area contributed by atoms with Gasteiger partial charge < -0.3 is 9.80 Å². The number of amides is 2. The molecule has 2 saturated heterocycles. The summed E-state index contributed by atoms with van der Waals surface area (Å²) in [4.78, 5) is 37.3. The van der Waals surface area contributed by atoms with Gasteiger partial charge in [-0.05, 0) is 17.9 Å². The van der Waals surface area contributed by atoms with Crippen LogP contribution in [0.5, 0.6) is 0 Å². The summed E-state index contributed by atoms with van der Waals surface area (Å²) in [6, 6.07) is 3.74. The molecule has 23 heavy (non-hydrogen) atoms. The Hall–Kier alpha value is -2.28. The van der Waals surface area contributed by atoms with Gasteiger partial charge in [-0.1, -0.05) is 6.07 Å². The van der Waals surface area contributed by atoms with Crippen LogP contribution < -0.4 is 4.90 Å². The predicted octanol–water partition coefficient (Wildman–Crippen LogP) is 1.81. The molecule has 1 atom stereocenters. The van der Waals surface area contributed by atoms with Crippen molar-refractivity contribution in [2.45, 2.75) is 12.8 Å². The predicted molar refractivity (Wildman–Crippen MR) is 86.3 cm³/mol. The van der Waals surface area contributed by atoms with E-state index in [2.05, 4.69) is 9.97 Å². The standard InChI is InChI=1S/C16H16N4O2S/c21-14-6-16(10-20(14)12-7-17-11-18-8-12)3-4-19(9-16)15(22)13-2-1-5-23-13/h1-2,5,7-8,11H,3-4,6,9-10H2/t16-/m0/s1. The van der Waals surface area contributed by atoms with Gasteiger partial charge in [-0.2, -0.15) is 0 Å². The fourth-order valence-corrected chi connectivity index (χ4v) is 4.19. The minimum absolute atomic E-state index is 0.0748. The summed E-state index contributed by atoms with van der Waals surface area (Å²) < 4.78 is 0. The lowest BCUT2D eigenvalue weighted by atomic mass is 9.86. The highest BCUT2D eigenvalue weighted by Gasteiger charge is 2.49. The third-order valence-electron chi connectivity index (χ3n) is 4.64. The van der Waals surface area contributed by atoms with E-state index < -0.39 is 0 Å². The first-order valence-corrected chi connectivity index (χ1v) is 8.43. The molecule has 2 aromatic heterocycles. The topological polar surface area (TPSA) is 66.4 Å². The van der Waals surface area contributed by atoms with Crippen molar-refractivity contribution in [3.8, 4) is 0 Å². The van der Waals surface area contributed by atoms with E-state index in [9.17, 15) is 9.59 Å². The van der Waals surface area contributed by atoms with Gasteiger partial charge in [0.15, 0.2) is 0 Å². The number of rotatable bonds is 2. The van der Waals surface area contributed by atoms with Gasteiger partial charge in [-0.25, -0.2) is 9.97 Å². The van der Waals surface area contributed by atoms with E-state index in [1.165, 1.54) is 17.7 Å². The Morgan fingerprint density at radius 2 is 2.09 bits per heavy atom. The molecule has 0 radical (unpaired) electrons. The third kappa shape index (κ3) is 2.50. The quantitative estimate of drug-likeness (QED) is 0.843. The molecule has 0 aliphatic carbocycles. The van der Waals surface area contributed by atoms with Gasteiger partial charge in [0.1, 0.15) is 6.33 Å². The van der Waals surface area contributed by atoms with E-state index >= 15 is 0 Å². The van der Waals surface area contributed by atoms with Crippen molar-refractivity contribution >= 4 is 28.8 Å².